The van der Waals surface area contributed by atoms with Crippen LogP contribution in [0.1, 0.15) is 17.5 Å². The van der Waals surface area contributed by atoms with Crippen LogP contribution in [0.3, 0.4) is 0 Å². The maximum atomic E-state index is 12.2. The number of carbonyl (C=O) groups is 1. The molecule has 0 heterocycles. The Bertz CT molecular complexity index is 610. The molecule has 1 aromatic carbocycles. The lowest BCUT2D eigenvalue weighted by atomic mass is 10.1. The maximum absolute atomic E-state index is 12.2. The standard InChI is InChI=1S/C13H21N3O3S/c1-9-7-11(20(18,19)16(3)4)8-12(10(9)2)15-13(17)5-6-14/h7-8H,5-6,14H2,1-4H3,(H,15,17). The van der Waals surface area contributed by atoms with Crippen LogP contribution in [0.25, 0.3) is 0 Å². The zero-order valence-corrected chi connectivity index (χ0v) is 13.0. The number of nitrogens with zero attached hydrogens (tertiary/aromatic N) is 1. The van der Waals surface area contributed by atoms with E-state index in [-0.39, 0.29) is 23.8 Å². The van der Waals surface area contributed by atoms with Crippen LogP contribution in [0.15, 0.2) is 17.0 Å². The lowest BCUT2D eigenvalue weighted by Crippen LogP contribution is -2.23. The van der Waals surface area contributed by atoms with Gasteiger partial charge in [0.1, 0.15) is 0 Å². The number of anilines is 1. The number of carbonyl (C=O) groups excluding carboxylic acids is 1. The van der Waals surface area contributed by atoms with Gasteiger partial charge in [-0.2, -0.15) is 0 Å². The quantitative estimate of drug-likeness (QED) is 0.842. The first-order valence-corrected chi connectivity index (χ1v) is 7.68. The van der Waals surface area contributed by atoms with Crippen molar-refractivity contribution in [3.8, 4) is 0 Å². The topological polar surface area (TPSA) is 92.5 Å². The van der Waals surface area contributed by atoms with Crippen LogP contribution in [-0.2, 0) is 14.8 Å². The summed E-state index contributed by atoms with van der Waals surface area (Å²) >= 11 is 0. The van der Waals surface area contributed by atoms with E-state index < -0.39 is 10.0 Å². The minimum Gasteiger partial charge on any atom is -0.330 e. The molecule has 1 rings (SSSR count). The second-order valence-corrected chi connectivity index (χ2v) is 6.94. The van der Waals surface area contributed by atoms with Gasteiger partial charge in [0.15, 0.2) is 0 Å². The molecule has 0 radical (unpaired) electrons. The summed E-state index contributed by atoms with van der Waals surface area (Å²) in [6.07, 6.45) is 0.198. The zero-order chi connectivity index (χ0) is 15.5. The van der Waals surface area contributed by atoms with Crippen molar-refractivity contribution in [2.75, 3.05) is 26.0 Å². The third-order valence-electron chi connectivity index (χ3n) is 3.06. The second kappa shape index (κ2) is 6.34. The smallest absolute Gasteiger partial charge is 0.242 e. The van der Waals surface area contributed by atoms with Gasteiger partial charge in [0.05, 0.1) is 4.90 Å². The summed E-state index contributed by atoms with van der Waals surface area (Å²) in [5, 5.41) is 2.70. The predicted molar refractivity (Wildman–Crippen MR) is 79.1 cm³/mol. The van der Waals surface area contributed by atoms with E-state index in [9.17, 15) is 13.2 Å². The minimum absolute atomic E-state index is 0.161. The van der Waals surface area contributed by atoms with Gasteiger partial charge in [-0.15, -0.1) is 0 Å². The van der Waals surface area contributed by atoms with Gasteiger partial charge in [-0.3, -0.25) is 4.79 Å². The lowest BCUT2D eigenvalue weighted by molar-refractivity contribution is -0.116. The highest BCUT2D eigenvalue weighted by Crippen LogP contribution is 2.25. The molecule has 6 nitrogen and oxygen atoms in total. The molecule has 20 heavy (non-hydrogen) atoms. The van der Waals surface area contributed by atoms with E-state index in [4.69, 9.17) is 5.73 Å². The molecule has 0 spiro atoms. The summed E-state index contributed by atoms with van der Waals surface area (Å²) in [6.45, 7) is 3.89. The van der Waals surface area contributed by atoms with Gasteiger partial charge in [0.2, 0.25) is 15.9 Å². The average molecular weight is 299 g/mol. The van der Waals surface area contributed by atoms with Crippen molar-refractivity contribution < 1.29 is 13.2 Å². The molecule has 0 atom stereocenters. The molecular formula is C13H21N3O3S. The lowest BCUT2D eigenvalue weighted by Gasteiger charge is -2.16. The van der Waals surface area contributed by atoms with Crippen LogP contribution in [-0.4, -0.2) is 39.3 Å². The Labute approximate surface area is 120 Å². The Morgan fingerprint density at radius 1 is 1.30 bits per heavy atom. The number of rotatable bonds is 5. The van der Waals surface area contributed by atoms with Gasteiger partial charge >= 0.3 is 0 Å². The Kier molecular flexibility index (Phi) is 5.27. The van der Waals surface area contributed by atoms with Gasteiger partial charge in [0, 0.05) is 32.7 Å². The fraction of sp³-hybridized carbons (Fsp3) is 0.462. The van der Waals surface area contributed by atoms with E-state index in [1.54, 1.807) is 6.07 Å². The van der Waals surface area contributed by atoms with Crippen LogP contribution in [0, 0.1) is 13.8 Å². The Morgan fingerprint density at radius 3 is 2.40 bits per heavy atom. The van der Waals surface area contributed by atoms with Crippen molar-refractivity contribution in [2.45, 2.75) is 25.2 Å². The summed E-state index contributed by atoms with van der Waals surface area (Å²) in [7, 11) is -0.591. The van der Waals surface area contributed by atoms with Crippen molar-refractivity contribution in [3.63, 3.8) is 0 Å². The first-order chi connectivity index (χ1) is 9.20. The molecule has 0 aliphatic heterocycles. The number of nitrogens with two attached hydrogens (primary N) is 1. The van der Waals surface area contributed by atoms with E-state index in [2.05, 4.69) is 5.32 Å². The van der Waals surface area contributed by atoms with Crippen molar-refractivity contribution >= 4 is 21.6 Å². The van der Waals surface area contributed by atoms with E-state index >= 15 is 0 Å². The van der Waals surface area contributed by atoms with Crippen molar-refractivity contribution in [3.05, 3.63) is 23.3 Å². The molecule has 1 aromatic rings. The van der Waals surface area contributed by atoms with Crippen LogP contribution >= 0.6 is 0 Å². The van der Waals surface area contributed by atoms with Gasteiger partial charge < -0.3 is 11.1 Å². The monoisotopic (exact) mass is 299 g/mol. The van der Waals surface area contributed by atoms with E-state index in [0.717, 1.165) is 15.4 Å². The molecule has 0 bridgehead atoms. The van der Waals surface area contributed by atoms with E-state index in [0.29, 0.717) is 5.69 Å². The normalized spacial score (nSPS) is 11.7. The molecule has 1 amide bonds. The minimum atomic E-state index is -3.53. The molecule has 0 aromatic heterocycles. The van der Waals surface area contributed by atoms with Crippen molar-refractivity contribution in [1.29, 1.82) is 0 Å². The summed E-state index contributed by atoms with van der Waals surface area (Å²) in [5.74, 6) is -0.227. The highest BCUT2D eigenvalue weighted by Gasteiger charge is 2.20. The highest BCUT2D eigenvalue weighted by atomic mass is 32.2. The van der Waals surface area contributed by atoms with Gasteiger partial charge in [-0.25, -0.2) is 12.7 Å². The summed E-state index contributed by atoms with van der Waals surface area (Å²) in [5.41, 5.74) is 7.47. The molecule has 0 unspecified atom stereocenters. The first kappa shape index (κ1) is 16.6. The largest absolute Gasteiger partial charge is 0.330 e. The highest BCUT2D eigenvalue weighted by molar-refractivity contribution is 7.89. The number of hydrogen-bond acceptors (Lipinski definition) is 4. The summed E-state index contributed by atoms with van der Waals surface area (Å²) in [4.78, 5) is 11.8. The maximum Gasteiger partial charge on any atom is 0.242 e. The molecular weight excluding hydrogens is 278 g/mol. The molecule has 0 saturated heterocycles. The van der Waals surface area contributed by atoms with Crippen molar-refractivity contribution in [2.24, 2.45) is 5.73 Å². The Balaban J connectivity index is 3.27. The zero-order valence-electron chi connectivity index (χ0n) is 12.2. The predicted octanol–water partition coefficient (Wildman–Crippen LogP) is 0.841. The molecule has 112 valence electrons. The van der Waals surface area contributed by atoms with Crippen molar-refractivity contribution in [1.82, 2.24) is 4.31 Å². The van der Waals surface area contributed by atoms with E-state index in [1.165, 1.54) is 20.2 Å². The fourth-order valence-electron chi connectivity index (χ4n) is 1.66. The average Bonchev–Trinajstić information content (AvgIpc) is 2.34. The molecule has 0 saturated carbocycles. The van der Waals surface area contributed by atoms with Crippen LogP contribution < -0.4 is 11.1 Å². The van der Waals surface area contributed by atoms with Gasteiger partial charge in [-0.05, 0) is 37.1 Å². The molecule has 0 aliphatic rings. The molecule has 3 N–H and O–H groups in total. The number of amides is 1. The van der Waals surface area contributed by atoms with E-state index in [1.807, 2.05) is 13.8 Å². The third kappa shape index (κ3) is 3.56. The molecule has 7 heteroatoms. The first-order valence-electron chi connectivity index (χ1n) is 6.24. The fourth-order valence-corrected chi connectivity index (χ4v) is 2.67. The second-order valence-electron chi connectivity index (χ2n) is 4.79. The molecule has 0 fully saturated rings. The summed E-state index contributed by atoms with van der Waals surface area (Å²) in [6, 6.07) is 3.08. The van der Waals surface area contributed by atoms with Gasteiger partial charge in [0.25, 0.3) is 0 Å². The Morgan fingerprint density at radius 2 is 1.90 bits per heavy atom. The number of benzene rings is 1. The number of nitrogens with one attached hydrogen (secondary N) is 1. The van der Waals surface area contributed by atoms with Crippen LogP contribution in [0.4, 0.5) is 5.69 Å². The molecule has 0 aliphatic carbocycles. The number of aryl methyl sites for hydroxylation is 1. The third-order valence-corrected chi connectivity index (χ3v) is 4.86. The van der Waals surface area contributed by atoms with Crippen LogP contribution in [0.2, 0.25) is 0 Å². The number of sulfonamides is 1. The Hall–Kier alpha value is -1.44. The number of hydrogen-bond donors (Lipinski definition) is 2. The summed E-state index contributed by atoms with van der Waals surface area (Å²) < 4.78 is 25.4. The van der Waals surface area contributed by atoms with Gasteiger partial charge in [-0.1, -0.05) is 0 Å². The van der Waals surface area contributed by atoms with Crippen LogP contribution in [0.5, 0.6) is 0 Å². The SMILES string of the molecule is Cc1cc(S(=O)(=O)N(C)C)cc(NC(=O)CCN)c1C.